The molecule has 0 saturated carbocycles. The molecule has 0 atom stereocenters. The molecule has 0 unspecified atom stereocenters. The number of nitrogens with two attached hydrogens (primary N) is 1. The van der Waals surface area contributed by atoms with Gasteiger partial charge < -0.3 is 10.5 Å². The fraction of sp³-hybridized carbons (Fsp3) is 0.0714. The molecule has 0 fully saturated rings. The molecule has 2 rings (SSSR count). The van der Waals surface area contributed by atoms with Crippen LogP contribution >= 0.6 is 15.9 Å². The van der Waals surface area contributed by atoms with E-state index in [-0.39, 0.29) is 11.7 Å². The zero-order valence-electron chi connectivity index (χ0n) is 10.2. The van der Waals surface area contributed by atoms with E-state index in [9.17, 15) is 4.39 Å². The lowest BCUT2D eigenvalue weighted by Crippen LogP contribution is -2.13. The number of halogens is 2. The topological polar surface area (TPSA) is 59.1 Å². The van der Waals surface area contributed by atoms with Gasteiger partial charge in [0, 0.05) is 10.5 Å². The molecule has 0 aliphatic carbocycles. The third-order valence-corrected chi connectivity index (χ3v) is 3.28. The summed E-state index contributed by atoms with van der Waals surface area (Å²) in [5.74, 6) is 0.320. The summed E-state index contributed by atoms with van der Waals surface area (Å²) in [7, 11) is 0. The highest BCUT2D eigenvalue weighted by atomic mass is 79.9. The van der Waals surface area contributed by atoms with Crippen LogP contribution in [0.5, 0.6) is 11.5 Å². The van der Waals surface area contributed by atoms with Crippen LogP contribution in [0.4, 0.5) is 4.39 Å². The summed E-state index contributed by atoms with van der Waals surface area (Å²) in [6, 6.07) is 9.81. The number of nitrogen functional groups attached to an aromatic ring is 1. The van der Waals surface area contributed by atoms with Crippen molar-refractivity contribution in [2.75, 3.05) is 0 Å². The fourth-order valence-corrected chi connectivity index (χ4v) is 2.18. The maximum Gasteiger partial charge on any atom is 0.139 e. The van der Waals surface area contributed by atoms with E-state index in [0.717, 1.165) is 0 Å². The first-order chi connectivity index (χ1) is 8.99. The van der Waals surface area contributed by atoms with E-state index in [4.69, 9.17) is 15.9 Å². The van der Waals surface area contributed by atoms with Crippen molar-refractivity contribution in [1.82, 2.24) is 0 Å². The monoisotopic (exact) mass is 322 g/mol. The molecule has 3 N–H and O–H groups in total. The van der Waals surface area contributed by atoms with Crippen molar-refractivity contribution in [2.24, 2.45) is 5.73 Å². The Morgan fingerprint density at radius 3 is 2.68 bits per heavy atom. The number of benzene rings is 2. The van der Waals surface area contributed by atoms with Crippen molar-refractivity contribution in [2.45, 2.75) is 6.92 Å². The SMILES string of the molecule is Cc1ccc(Oc2cccc(Br)c2C(=N)N)cc1F. The van der Waals surface area contributed by atoms with E-state index in [0.29, 0.717) is 27.1 Å². The summed E-state index contributed by atoms with van der Waals surface area (Å²) in [5.41, 5.74) is 6.52. The molecule has 3 nitrogen and oxygen atoms in total. The number of aryl methyl sites for hydroxylation is 1. The van der Waals surface area contributed by atoms with E-state index >= 15 is 0 Å². The van der Waals surface area contributed by atoms with Gasteiger partial charge in [-0.15, -0.1) is 0 Å². The van der Waals surface area contributed by atoms with Gasteiger partial charge in [-0.3, -0.25) is 5.41 Å². The van der Waals surface area contributed by atoms with E-state index in [2.05, 4.69) is 15.9 Å². The maximum atomic E-state index is 13.5. The molecule has 2 aromatic carbocycles. The van der Waals surface area contributed by atoms with Gasteiger partial charge in [-0.05, 0) is 46.6 Å². The molecule has 0 spiro atoms. The molecule has 0 aromatic heterocycles. The first-order valence-electron chi connectivity index (χ1n) is 5.56. The summed E-state index contributed by atoms with van der Waals surface area (Å²) >= 11 is 3.31. The molecule has 19 heavy (non-hydrogen) atoms. The Kier molecular flexibility index (Phi) is 3.85. The van der Waals surface area contributed by atoms with Crippen LogP contribution in [0.3, 0.4) is 0 Å². The zero-order chi connectivity index (χ0) is 14.0. The van der Waals surface area contributed by atoms with Crippen LogP contribution in [0, 0.1) is 18.2 Å². The molecular formula is C14H12BrFN2O. The number of rotatable bonds is 3. The van der Waals surface area contributed by atoms with Crippen molar-refractivity contribution in [3.63, 3.8) is 0 Å². The zero-order valence-corrected chi connectivity index (χ0v) is 11.8. The van der Waals surface area contributed by atoms with Gasteiger partial charge in [0.2, 0.25) is 0 Å². The summed E-state index contributed by atoms with van der Waals surface area (Å²) in [4.78, 5) is 0. The van der Waals surface area contributed by atoms with Crippen molar-refractivity contribution in [1.29, 1.82) is 5.41 Å². The lowest BCUT2D eigenvalue weighted by Gasteiger charge is -2.12. The predicted molar refractivity (Wildman–Crippen MR) is 76.4 cm³/mol. The quantitative estimate of drug-likeness (QED) is 0.663. The van der Waals surface area contributed by atoms with Crippen LogP contribution in [-0.4, -0.2) is 5.84 Å². The number of amidine groups is 1. The number of ether oxygens (including phenoxy) is 1. The van der Waals surface area contributed by atoms with Gasteiger partial charge in [0.05, 0.1) is 5.56 Å². The van der Waals surface area contributed by atoms with Gasteiger partial charge in [-0.1, -0.05) is 12.1 Å². The van der Waals surface area contributed by atoms with Crippen molar-refractivity contribution in [3.8, 4) is 11.5 Å². The van der Waals surface area contributed by atoms with Gasteiger partial charge in [0.1, 0.15) is 23.2 Å². The molecule has 0 aliphatic rings. The summed E-state index contributed by atoms with van der Waals surface area (Å²) < 4.78 is 19.7. The van der Waals surface area contributed by atoms with Crippen LogP contribution in [0.15, 0.2) is 40.9 Å². The second-order valence-corrected chi connectivity index (χ2v) is 4.89. The molecule has 5 heteroatoms. The van der Waals surface area contributed by atoms with Crippen LogP contribution in [-0.2, 0) is 0 Å². The molecule has 0 saturated heterocycles. The Morgan fingerprint density at radius 1 is 1.32 bits per heavy atom. The predicted octanol–water partition coefficient (Wildman–Crippen LogP) is 3.97. The van der Waals surface area contributed by atoms with Crippen LogP contribution in [0.2, 0.25) is 0 Å². The number of nitrogens with one attached hydrogen (secondary N) is 1. The second kappa shape index (κ2) is 5.40. The van der Waals surface area contributed by atoms with Crippen molar-refractivity contribution in [3.05, 3.63) is 57.8 Å². The first-order valence-corrected chi connectivity index (χ1v) is 6.35. The molecule has 0 bridgehead atoms. The Balaban J connectivity index is 2.40. The Hall–Kier alpha value is -1.88. The van der Waals surface area contributed by atoms with E-state index < -0.39 is 0 Å². The third-order valence-electron chi connectivity index (χ3n) is 2.62. The number of hydrogen-bond acceptors (Lipinski definition) is 2. The summed E-state index contributed by atoms with van der Waals surface area (Å²) in [6.07, 6.45) is 0. The van der Waals surface area contributed by atoms with Crippen molar-refractivity contribution >= 4 is 21.8 Å². The highest BCUT2D eigenvalue weighted by Gasteiger charge is 2.12. The highest BCUT2D eigenvalue weighted by Crippen LogP contribution is 2.30. The van der Waals surface area contributed by atoms with E-state index in [1.807, 2.05) is 0 Å². The molecule has 0 amide bonds. The average Bonchev–Trinajstić information content (AvgIpc) is 2.33. The third kappa shape index (κ3) is 2.93. The lowest BCUT2D eigenvalue weighted by molar-refractivity contribution is 0.474. The molecular weight excluding hydrogens is 311 g/mol. The Labute approximate surface area is 118 Å². The largest absolute Gasteiger partial charge is 0.456 e. The normalized spacial score (nSPS) is 10.3. The molecule has 0 heterocycles. The average molecular weight is 323 g/mol. The molecule has 98 valence electrons. The fourth-order valence-electron chi connectivity index (χ4n) is 1.61. The van der Waals surface area contributed by atoms with Crippen molar-refractivity contribution < 1.29 is 9.13 Å². The molecule has 2 aromatic rings. The van der Waals surface area contributed by atoms with Crippen LogP contribution < -0.4 is 10.5 Å². The summed E-state index contributed by atoms with van der Waals surface area (Å²) in [5, 5.41) is 7.55. The minimum atomic E-state index is -0.336. The number of hydrogen-bond donors (Lipinski definition) is 2. The minimum absolute atomic E-state index is 0.116. The van der Waals surface area contributed by atoms with E-state index in [1.165, 1.54) is 6.07 Å². The Bertz CT molecular complexity index is 643. The van der Waals surface area contributed by atoms with E-state index in [1.54, 1.807) is 37.3 Å². The minimum Gasteiger partial charge on any atom is -0.456 e. The van der Waals surface area contributed by atoms with Gasteiger partial charge in [-0.25, -0.2) is 4.39 Å². The maximum absolute atomic E-state index is 13.5. The van der Waals surface area contributed by atoms with Gasteiger partial charge >= 0.3 is 0 Å². The van der Waals surface area contributed by atoms with Gasteiger partial charge in [-0.2, -0.15) is 0 Å². The lowest BCUT2D eigenvalue weighted by atomic mass is 10.2. The summed E-state index contributed by atoms with van der Waals surface area (Å²) in [6.45, 7) is 1.68. The Morgan fingerprint density at radius 2 is 2.05 bits per heavy atom. The standard InChI is InChI=1S/C14H12BrFN2O/c1-8-5-6-9(7-11(8)16)19-12-4-2-3-10(15)13(12)14(17)18/h2-7H,1H3,(H3,17,18). The second-order valence-electron chi connectivity index (χ2n) is 4.04. The first kappa shape index (κ1) is 13.5. The molecule has 0 radical (unpaired) electrons. The highest BCUT2D eigenvalue weighted by molar-refractivity contribution is 9.10. The smallest absolute Gasteiger partial charge is 0.139 e. The van der Waals surface area contributed by atoms with Gasteiger partial charge in [0.25, 0.3) is 0 Å². The molecule has 0 aliphatic heterocycles. The van der Waals surface area contributed by atoms with Crippen LogP contribution in [0.1, 0.15) is 11.1 Å². The van der Waals surface area contributed by atoms with Crippen LogP contribution in [0.25, 0.3) is 0 Å². The van der Waals surface area contributed by atoms with Gasteiger partial charge in [0.15, 0.2) is 0 Å².